The molecule has 1 amide bonds. The smallest absolute Gasteiger partial charge is 0.253 e. The van der Waals surface area contributed by atoms with E-state index in [1.54, 1.807) is 7.11 Å². The van der Waals surface area contributed by atoms with Crippen LogP contribution in [-0.2, 0) is 11.3 Å². The van der Waals surface area contributed by atoms with Crippen LogP contribution in [-0.4, -0.2) is 45.9 Å². The summed E-state index contributed by atoms with van der Waals surface area (Å²) in [6.07, 6.45) is 3.89. The number of likely N-dealkylation sites (tertiary alicyclic amines) is 1. The Morgan fingerprint density at radius 3 is 2.48 bits per heavy atom. The van der Waals surface area contributed by atoms with Crippen molar-refractivity contribution in [2.24, 2.45) is 0 Å². The lowest BCUT2D eigenvalue weighted by Gasteiger charge is -2.32. The molecule has 0 bridgehead atoms. The first-order valence-electron chi connectivity index (χ1n) is 11.0. The van der Waals surface area contributed by atoms with E-state index in [4.69, 9.17) is 9.72 Å². The Labute approximate surface area is 184 Å². The van der Waals surface area contributed by atoms with Gasteiger partial charge in [-0.15, -0.1) is 0 Å². The molecule has 164 valence electrons. The fourth-order valence-corrected chi connectivity index (χ4v) is 4.23. The molecule has 4 rings (SSSR count). The van der Waals surface area contributed by atoms with Crippen molar-refractivity contribution in [3.05, 3.63) is 65.5 Å². The molecule has 3 heterocycles. The summed E-state index contributed by atoms with van der Waals surface area (Å²) in [4.78, 5) is 19.9. The van der Waals surface area contributed by atoms with Gasteiger partial charge in [-0.3, -0.25) is 9.20 Å². The first-order valence-corrected chi connectivity index (χ1v) is 11.0. The van der Waals surface area contributed by atoms with Gasteiger partial charge in [-0.2, -0.15) is 0 Å². The highest BCUT2D eigenvalue weighted by atomic mass is 16.5. The Balaban J connectivity index is 1.49. The number of nitrogens with zero attached hydrogens (tertiary/aromatic N) is 3. The van der Waals surface area contributed by atoms with Gasteiger partial charge in [0.05, 0.1) is 12.3 Å². The summed E-state index contributed by atoms with van der Waals surface area (Å²) in [6, 6.07) is 13.8. The molecule has 0 aliphatic carbocycles. The minimum absolute atomic E-state index is 0.0633. The van der Waals surface area contributed by atoms with Crippen molar-refractivity contribution in [3.8, 4) is 0 Å². The van der Waals surface area contributed by atoms with Crippen molar-refractivity contribution in [1.82, 2.24) is 14.3 Å². The zero-order valence-corrected chi connectivity index (χ0v) is 18.9. The standard InChI is InChI=1S/C25H32N4O2/c1-25(2,3)27-23-22(26-21-7-5-6-14-29(21)23)19-12-15-28(16-13-19)24(30)20-10-8-18(9-11-20)17-31-4/h5-11,14,19,27H,12-13,15-17H2,1-4H3. The number of hydrogen-bond donors (Lipinski definition) is 1. The van der Waals surface area contributed by atoms with E-state index in [2.05, 4.69) is 36.7 Å². The van der Waals surface area contributed by atoms with Gasteiger partial charge in [0, 0.05) is 43.4 Å². The van der Waals surface area contributed by atoms with Gasteiger partial charge in [-0.25, -0.2) is 4.98 Å². The molecule has 0 atom stereocenters. The van der Waals surface area contributed by atoms with E-state index >= 15 is 0 Å². The van der Waals surface area contributed by atoms with Crippen LogP contribution < -0.4 is 5.32 Å². The second-order valence-electron chi connectivity index (χ2n) is 9.35. The van der Waals surface area contributed by atoms with Gasteiger partial charge >= 0.3 is 0 Å². The molecule has 31 heavy (non-hydrogen) atoms. The monoisotopic (exact) mass is 420 g/mol. The number of benzene rings is 1. The molecule has 1 aliphatic rings. The molecular weight excluding hydrogens is 388 g/mol. The van der Waals surface area contributed by atoms with E-state index in [-0.39, 0.29) is 11.4 Å². The summed E-state index contributed by atoms with van der Waals surface area (Å²) in [5, 5.41) is 3.66. The Kier molecular flexibility index (Phi) is 6.01. The Morgan fingerprint density at radius 2 is 1.84 bits per heavy atom. The molecule has 0 saturated carbocycles. The Morgan fingerprint density at radius 1 is 1.13 bits per heavy atom. The average molecular weight is 421 g/mol. The highest BCUT2D eigenvalue weighted by Gasteiger charge is 2.29. The lowest BCUT2D eigenvalue weighted by Crippen LogP contribution is -2.38. The van der Waals surface area contributed by atoms with Crippen LogP contribution in [0.5, 0.6) is 0 Å². The fraction of sp³-hybridized carbons (Fsp3) is 0.440. The number of carbonyl (C=O) groups is 1. The average Bonchev–Trinajstić information content (AvgIpc) is 3.11. The molecule has 6 nitrogen and oxygen atoms in total. The van der Waals surface area contributed by atoms with E-state index < -0.39 is 0 Å². The summed E-state index contributed by atoms with van der Waals surface area (Å²) in [7, 11) is 1.68. The third kappa shape index (κ3) is 4.74. The van der Waals surface area contributed by atoms with E-state index in [1.807, 2.05) is 47.4 Å². The van der Waals surface area contributed by atoms with Gasteiger partial charge in [-0.05, 0) is 63.4 Å². The predicted molar refractivity (Wildman–Crippen MR) is 124 cm³/mol. The minimum atomic E-state index is -0.0633. The van der Waals surface area contributed by atoms with Crippen LogP contribution in [0.4, 0.5) is 5.82 Å². The summed E-state index contributed by atoms with van der Waals surface area (Å²) in [5.74, 6) is 1.50. The van der Waals surface area contributed by atoms with Crippen molar-refractivity contribution < 1.29 is 9.53 Å². The predicted octanol–water partition coefficient (Wildman–Crippen LogP) is 4.71. The lowest BCUT2D eigenvalue weighted by molar-refractivity contribution is 0.0712. The Hall–Kier alpha value is -2.86. The molecule has 0 unspecified atom stereocenters. The maximum Gasteiger partial charge on any atom is 0.253 e. The maximum absolute atomic E-state index is 13.0. The zero-order chi connectivity index (χ0) is 22.0. The molecule has 1 aliphatic heterocycles. The van der Waals surface area contributed by atoms with E-state index in [0.717, 1.165) is 54.2 Å². The topological polar surface area (TPSA) is 58.9 Å². The quantitative estimate of drug-likeness (QED) is 0.649. The molecule has 1 aromatic carbocycles. The van der Waals surface area contributed by atoms with Gasteiger partial charge in [0.15, 0.2) is 0 Å². The fourth-order valence-electron chi connectivity index (χ4n) is 4.23. The highest BCUT2D eigenvalue weighted by molar-refractivity contribution is 5.94. The third-order valence-electron chi connectivity index (χ3n) is 5.73. The third-order valence-corrected chi connectivity index (χ3v) is 5.73. The number of amides is 1. The number of ether oxygens (including phenoxy) is 1. The summed E-state index contributed by atoms with van der Waals surface area (Å²) in [6.45, 7) is 8.54. The zero-order valence-electron chi connectivity index (χ0n) is 18.9. The van der Waals surface area contributed by atoms with Crippen LogP contribution in [0.3, 0.4) is 0 Å². The molecule has 6 heteroatoms. The molecular formula is C25H32N4O2. The number of carbonyl (C=O) groups excluding carboxylic acids is 1. The van der Waals surface area contributed by atoms with Crippen molar-refractivity contribution in [2.75, 3.05) is 25.5 Å². The normalized spacial score (nSPS) is 15.4. The lowest BCUT2D eigenvalue weighted by atomic mass is 9.92. The van der Waals surface area contributed by atoms with E-state index in [9.17, 15) is 4.79 Å². The van der Waals surface area contributed by atoms with Crippen molar-refractivity contribution in [3.63, 3.8) is 0 Å². The molecule has 1 fully saturated rings. The Bertz CT molecular complexity index is 1040. The molecule has 3 aromatic rings. The number of imidazole rings is 1. The molecule has 0 spiro atoms. The molecule has 2 aromatic heterocycles. The van der Waals surface area contributed by atoms with Gasteiger partial charge < -0.3 is 15.0 Å². The van der Waals surface area contributed by atoms with Gasteiger partial charge in [0.25, 0.3) is 5.91 Å². The second kappa shape index (κ2) is 8.71. The van der Waals surface area contributed by atoms with E-state index in [1.165, 1.54) is 0 Å². The maximum atomic E-state index is 13.0. The SMILES string of the molecule is COCc1ccc(C(=O)N2CCC(c3nc4ccccn4c3NC(C)(C)C)CC2)cc1. The molecule has 1 N–H and O–H groups in total. The van der Waals surface area contributed by atoms with Gasteiger partial charge in [-0.1, -0.05) is 18.2 Å². The number of hydrogen-bond acceptors (Lipinski definition) is 4. The van der Waals surface area contributed by atoms with Crippen LogP contribution in [0.15, 0.2) is 48.7 Å². The van der Waals surface area contributed by atoms with Crippen LogP contribution in [0.25, 0.3) is 5.65 Å². The van der Waals surface area contributed by atoms with Gasteiger partial charge in [0.1, 0.15) is 11.5 Å². The summed E-state index contributed by atoms with van der Waals surface area (Å²) in [5.41, 5.74) is 3.81. The van der Waals surface area contributed by atoms with E-state index in [0.29, 0.717) is 12.5 Å². The number of piperidine rings is 1. The number of pyridine rings is 1. The largest absolute Gasteiger partial charge is 0.380 e. The second-order valence-corrected chi connectivity index (χ2v) is 9.35. The number of fused-ring (bicyclic) bond motifs is 1. The number of aromatic nitrogens is 2. The van der Waals surface area contributed by atoms with Crippen LogP contribution in [0.1, 0.15) is 61.1 Å². The van der Waals surface area contributed by atoms with Crippen LogP contribution >= 0.6 is 0 Å². The molecule has 0 radical (unpaired) electrons. The van der Waals surface area contributed by atoms with Crippen molar-refractivity contribution >= 4 is 17.4 Å². The van der Waals surface area contributed by atoms with Crippen LogP contribution in [0.2, 0.25) is 0 Å². The van der Waals surface area contributed by atoms with Crippen molar-refractivity contribution in [1.29, 1.82) is 0 Å². The summed E-state index contributed by atoms with van der Waals surface area (Å²) < 4.78 is 7.29. The minimum Gasteiger partial charge on any atom is -0.380 e. The van der Waals surface area contributed by atoms with Gasteiger partial charge in [0.2, 0.25) is 0 Å². The number of rotatable bonds is 5. The number of methoxy groups -OCH3 is 1. The van der Waals surface area contributed by atoms with Crippen molar-refractivity contribution in [2.45, 2.75) is 51.7 Å². The first kappa shape index (κ1) is 21.4. The summed E-state index contributed by atoms with van der Waals surface area (Å²) >= 11 is 0. The van der Waals surface area contributed by atoms with Crippen LogP contribution in [0, 0.1) is 0 Å². The number of nitrogens with one attached hydrogen (secondary N) is 1. The highest BCUT2D eigenvalue weighted by Crippen LogP contribution is 2.34. The number of anilines is 1. The first-order chi connectivity index (χ1) is 14.9. The molecule has 1 saturated heterocycles.